The highest BCUT2D eigenvalue weighted by Crippen LogP contribution is 2.38. The number of hydrogen-bond donors (Lipinski definition) is 2. The first-order valence-corrected chi connectivity index (χ1v) is 30.8. The van der Waals surface area contributed by atoms with Crippen LogP contribution in [0.15, 0.2) is 36.5 Å². The van der Waals surface area contributed by atoms with E-state index in [1.807, 2.05) is 27.2 Å². The second kappa shape index (κ2) is 50.7. The van der Waals surface area contributed by atoms with E-state index in [1.165, 1.54) is 225 Å². The average Bonchev–Trinajstić information content (AvgIpc) is 3.30. The van der Waals surface area contributed by atoms with Crippen molar-refractivity contribution in [2.75, 3.05) is 40.9 Å². The Balaban J connectivity index is 4.19. The molecule has 0 aliphatic heterocycles. The molecule has 0 heterocycles. The minimum Gasteiger partial charge on any atom is -0.756 e. The minimum atomic E-state index is -4.60. The highest BCUT2D eigenvalue weighted by Gasteiger charge is 2.23. The van der Waals surface area contributed by atoms with Crippen LogP contribution in [0.25, 0.3) is 0 Å². The van der Waals surface area contributed by atoms with Crippen molar-refractivity contribution in [3.63, 3.8) is 0 Å². The van der Waals surface area contributed by atoms with E-state index in [0.717, 1.165) is 38.5 Å². The third kappa shape index (κ3) is 52.5. The number of allylic oxidation sites excluding steroid dienone is 5. The van der Waals surface area contributed by atoms with Gasteiger partial charge in [0, 0.05) is 6.42 Å². The lowest BCUT2D eigenvalue weighted by Gasteiger charge is -2.29. The summed E-state index contributed by atoms with van der Waals surface area (Å²) in [6.07, 6.45) is 65.1. The number of aliphatic hydroxyl groups is 1. The van der Waals surface area contributed by atoms with Crippen molar-refractivity contribution in [2.45, 2.75) is 296 Å². The van der Waals surface area contributed by atoms with Gasteiger partial charge >= 0.3 is 0 Å². The molecular weight excluding hydrogens is 864 g/mol. The Morgan fingerprint density at radius 1 is 0.500 bits per heavy atom. The van der Waals surface area contributed by atoms with Gasteiger partial charge in [-0.05, 0) is 57.8 Å². The van der Waals surface area contributed by atoms with Gasteiger partial charge in [0.1, 0.15) is 13.2 Å². The molecule has 1 amide bonds. The number of phosphoric acid groups is 1. The maximum atomic E-state index is 13.0. The van der Waals surface area contributed by atoms with E-state index in [-0.39, 0.29) is 12.5 Å². The number of nitrogens with one attached hydrogen (secondary N) is 1. The average molecular weight is 980 g/mol. The normalized spacial score (nSPS) is 14.2. The number of rotatable bonds is 54. The Hall–Kier alpha value is -1.28. The summed E-state index contributed by atoms with van der Waals surface area (Å²) in [6.45, 7) is 4.66. The van der Waals surface area contributed by atoms with Crippen molar-refractivity contribution in [3.05, 3.63) is 36.5 Å². The van der Waals surface area contributed by atoms with Crippen LogP contribution in [-0.4, -0.2) is 68.5 Å². The number of phosphoric ester groups is 1. The molecular formula is C59H115N2O6P. The molecule has 402 valence electrons. The Labute approximate surface area is 423 Å². The molecule has 0 aliphatic carbocycles. The van der Waals surface area contributed by atoms with Crippen LogP contribution in [0.3, 0.4) is 0 Å². The molecule has 0 spiro atoms. The van der Waals surface area contributed by atoms with Crippen molar-refractivity contribution in [1.29, 1.82) is 0 Å². The summed E-state index contributed by atoms with van der Waals surface area (Å²) >= 11 is 0. The van der Waals surface area contributed by atoms with Crippen LogP contribution >= 0.6 is 7.82 Å². The van der Waals surface area contributed by atoms with Crippen LogP contribution in [0, 0.1) is 0 Å². The molecule has 0 saturated heterocycles. The molecule has 8 nitrogen and oxygen atoms in total. The minimum absolute atomic E-state index is 0.00568. The molecule has 0 radical (unpaired) electrons. The first-order chi connectivity index (χ1) is 33.0. The number of unbranched alkanes of at least 4 members (excludes halogenated alkanes) is 37. The first-order valence-electron chi connectivity index (χ1n) is 29.4. The highest BCUT2D eigenvalue weighted by molar-refractivity contribution is 7.45. The van der Waals surface area contributed by atoms with Crippen LogP contribution in [0.4, 0.5) is 0 Å². The topological polar surface area (TPSA) is 108 Å². The van der Waals surface area contributed by atoms with E-state index in [0.29, 0.717) is 17.4 Å². The summed E-state index contributed by atoms with van der Waals surface area (Å²) in [5, 5.41) is 13.9. The van der Waals surface area contributed by atoms with Gasteiger partial charge in [-0.25, -0.2) is 0 Å². The number of carbonyl (C=O) groups is 1. The maximum Gasteiger partial charge on any atom is 0.268 e. The Bertz CT molecular complexity index is 1200. The van der Waals surface area contributed by atoms with E-state index < -0.39 is 26.6 Å². The van der Waals surface area contributed by atoms with Crippen LogP contribution in [0.1, 0.15) is 284 Å². The highest BCUT2D eigenvalue weighted by atomic mass is 31.2. The molecule has 0 saturated carbocycles. The lowest BCUT2D eigenvalue weighted by atomic mass is 10.0. The molecule has 0 aromatic rings. The van der Waals surface area contributed by atoms with Gasteiger partial charge in [0.05, 0.1) is 39.9 Å². The molecule has 0 aliphatic rings. The lowest BCUT2D eigenvalue weighted by molar-refractivity contribution is -0.870. The molecule has 0 aromatic heterocycles. The summed E-state index contributed by atoms with van der Waals surface area (Å²) in [5.41, 5.74) is 0. The third-order valence-electron chi connectivity index (χ3n) is 13.3. The van der Waals surface area contributed by atoms with E-state index in [2.05, 4.69) is 43.5 Å². The SMILES string of the molecule is CCCCCCCCCCCCCC/C=C\CCCCCCCCCCCCCC(=O)NC(COP(=O)([O-])OCC[N+](C)(C)C)C(O)/C=C/CC/C=C/CCCCCCCCCCCCCCC. The number of amides is 1. The monoisotopic (exact) mass is 979 g/mol. The first kappa shape index (κ1) is 66.7. The van der Waals surface area contributed by atoms with Gasteiger partial charge in [0.2, 0.25) is 5.91 Å². The Kier molecular flexibility index (Phi) is 49.7. The fourth-order valence-corrected chi connectivity index (χ4v) is 9.42. The van der Waals surface area contributed by atoms with E-state index in [9.17, 15) is 19.4 Å². The van der Waals surface area contributed by atoms with Crippen molar-refractivity contribution >= 4 is 13.7 Å². The van der Waals surface area contributed by atoms with Crippen molar-refractivity contribution in [2.24, 2.45) is 0 Å². The number of likely N-dealkylation sites (N-methyl/N-ethyl adjacent to an activating group) is 1. The fourth-order valence-electron chi connectivity index (χ4n) is 8.70. The van der Waals surface area contributed by atoms with Crippen molar-refractivity contribution < 1.29 is 32.9 Å². The Morgan fingerprint density at radius 2 is 0.824 bits per heavy atom. The second-order valence-corrected chi connectivity index (χ2v) is 22.8. The van der Waals surface area contributed by atoms with Crippen molar-refractivity contribution in [3.8, 4) is 0 Å². The zero-order valence-corrected chi connectivity index (χ0v) is 46.7. The third-order valence-corrected chi connectivity index (χ3v) is 14.3. The lowest BCUT2D eigenvalue weighted by Crippen LogP contribution is -2.45. The van der Waals surface area contributed by atoms with Gasteiger partial charge < -0.3 is 28.8 Å². The molecule has 9 heteroatoms. The van der Waals surface area contributed by atoms with Crippen LogP contribution < -0.4 is 10.2 Å². The van der Waals surface area contributed by atoms with E-state index >= 15 is 0 Å². The molecule has 3 atom stereocenters. The van der Waals surface area contributed by atoms with Gasteiger partial charge in [-0.2, -0.15) is 0 Å². The molecule has 2 N–H and O–H groups in total. The number of hydrogen-bond acceptors (Lipinski definition) is 6. The van der Waals surface area contributed by atoms with Gasteiger partial charge in [0.15, 0.2) is 0 Å². The van der Waals surface area contributed by atoms with Gasteiger partial charge in [0.25, 0.3) is 7.82 Å². The van der Waals surface area contributed by atoms with E-state index in [1.54, 1.807) is 6.08 Å². The Morgan fingerprint density at radius 3 is 1.19 bits per heavy atom. The summed E-state index contributed by atoms with van der Waals surface area (Å²) < 4.78 is 23.3. The van der Waals surface area contributed by atoms with Gasteiger partial charge in [-0.15, -0.1) is 0 Å². The maximum absolute atomic E-state index is 13.0. The fraction of sp³-hybridized carbons (Fsp3) is 0.881. The van der Waals surface area contributed by atoms with E-state index in [4.69, 9.17) is 9.05 Å². The number of carbonyl (C=O) groups excluding carboxylic acids is 1. The van der Waals surface area contributed by atoms with Crippen LogP contribution in [-0.2, 0) is 18.4 Å². The summed E-state index contributed by atoms with van der Waals surface area (Å²) in [7, 11) is 1.25. The molecule has 0 fully saturated rings. The molecule has 0 rings (SSSR count). The van der Waals surface area contributed by atoms with Gasteiger partial charge in [-0.1, -0.05) is 256 Å². The standard InChI is InChI=1S/C59H115N2O6P/c1-6-8-10-12-14-16-18-20-22-24-26-27-28-29-30-31-32-33-35-37-39-41-43-45-47-49-51-53-59(63)60-57(56-67-68(64,65)66-55-54-61(3,4)5)58(62)52-50-48-46-44-42-40-38-36-34-25-23-21-19-17-15-13-11-9-7-2/h29-30,42,44,50,52,57-58,62H,6-28,31-41,43,45-49,51,53-56H2,1-5H3,(H-,60,63,64,65)/b30-29-,44-42+,52-50+. The summed E-state index contributed by atoms with van der Waals surface area (Å²) in [6, 6.07) is -0.903. The summed E-state index contributed by atoms with van der Waals surface area (Å²) in [4.78, 5) is 25.5. The van der Waals surface area contributed by atoms with Crippen LogP contribution in [0.2, 0.25) is 0 Å². The predicted octanol–water partition coefficient (Wildman–Crippen LogP) is 17.1. The molecule has 3 unspecified atom stereocenters. The largest absolute Gasteiger partial charge is 0.756 e. The number of quaternary nitrogens is 1. The van der Waals surface area contributed by atoms with Gasteiger partial charge in [-0.3, -0.25) is 9.36 Å². The van der Waals surface area contributed by atoms with Crippen LogP contribution in [0.5, 0.6) is 0 Å². The molecule has 0 aromatic carbocycles. The number of aliphatic hydroxyl groups excluding tert-OH is 1. The summed E-state index contributed by atoms with van der Waals surface area (Å²) in [5.74, 6) is -0.205. The predicted molar refractivity (Wildman–Crippen MR) is 293 cm³/mol. The van der Waals surface area contributed by atoms with Crippen molar-refractivity contribution in [1.82, 2.24) is 5.32 Å². The number of nitrogens with zero attached hydrogens (tertiary/aromatic N) is 1. The molecule has 0 bridgehead atoms. The molecule has 68 heavy (non-hydrogen) atoms. The smallest absolute Gasteiger partial charge is 0.268 e. The quantitative estimate of drug-likeness (QED) is 0.0272. The zero-order chi connectivity index (χ0) is 49.9. The second-order valence-electron chi connectivity index (χ2n) is 21.3. The zero-order valence-electron chi connectivity index (χ0n) is 45.8.